The number of hydrogen-bond acceptors (Lipinski definition) is 3. The van der Waals surface area contributed by atoms with E-state index in [0.29, 0.717) is 28.1 Å². The molecule has 0 spiro atoms. The minimum atomic E-state index is 0.477. The molecule has 8 aromatic carbocycles. The fourth-order valence-electron chi connectivity index (χ4n) is 8.47. The molecule has 10 rings (SSSR count). The summed E-state index contributed by atoms with van der Waals surface area (Å²) in [7, 11) is 0. The molecule has 0 bridgehead atoms. The molecule has 0 atom stereocenters. The first-order chi connectivity index (χ1) is 28.6. The highest BCUT2D eigenvalue weighted by molar-refractivity contribution is 6.13. The summed E-state index contributed by atoms with van der Waals surface area (Å²) in [4.78, 5) is 3.79. The fourth-order valence-corrected chi connectivity index (χ4v) is 8.47. The van der Waals surface area contributed by atoms with Crippen LogP contribution < -0.4 is 0 Å². The largest absolute Gasteiger partial charge is 0.309 e. The molecule has 0 radical (unpaired) electrons. The van der Waals surface area contributed by atoms with Gasteiger partial charge in [0, 0.05) is 27.1 Å². The van der Waals surface area contributed by atoms with Crippen molar-refractivity contribution in [1.29, 1.82) is 15.8 Å². The van der Waals surface area contributed by atoms with Crippen molar-refractivity contribution in [3.8, 4) is 63.0 Å². The Kier molecular flexibility index (Phi) is 7.92. The Labute approximate surface area is 334 Å². The first-order valence-electron chi connectivity index (χ1n) is 18.7. The summed E-state index contributed by atoms with van der Waals surface area (Å²) in [6, 6.07) is 63.1. The molecule has 58 heavy (non-hydrogen) atoms. The van der Waals surface area contributed by atoms with Crippen LogP contribution in [0.25, 0.3) is 93.2 Å². The van der Waals surface area contributed by atoms with Gasteiger partial charge in [0.15, 0.2) is 5.69 Å². The van der Waals surface area contributed by atoms with Crippen molar-refractivity contribution < 1.29 is 0 Å². The summed E-state index contributed by atoms with van der Waals surface area (Å²) in [5, 5.41) is 35.0. The van der Waals surface area contributed by atoms with E-state index >= 15 is 0 Å². The number of benzene rings is 8. The van der Waals surface area contributed by atoms with E-state index in [9.17, 15) is 15.8 Å². The van der Waals surface area contributed by atoms with E-state index in [4.69, 9.17) is 6.57 Å². The van der Waals surface area contributed by atoms with Gasteiger partial charge < -0.3 is 9.13 Å². The molecule has 0 N–H and O–H groups in total. The van der Waals surface area contributed by atoms with E-state index in [1.807, 2.05) is 103 Å². The average molecular weight is 737 g/mol. The minimum Gasteiger partial charge on any atom is -0.309 e. The van der Waals surface area contributed by atoms with E-state index in [1.54, 1.807) is 6.07 Å². The van der Waals surface area contributed by atoms with Crippen molar-refractivity contribution in [2.75, 3.05) is 0 Å². The maximum absolute atomic E-state index is 11.0. The standard InChI is InChI=1S/C52H28N6/c1-56-46-18-7-4-15-40(46)36-22-24-50-45(27-36)42-17-6-9-20-48(42)58(50)52-28-38(32-55)51(29-43(52)34-13-10-11-33(25-34)30-53)57-47-19-8-5-16-41(47)44-26-35(21-23-49(44)57)39-14-3-2-12-37(39)31-54/h2-29H. The predicted octanol–water partition coefficient (Wildman–Crippen LogP) is 13.0. The van der Waals surface area contributed by atoms with Gasteiger partial charge in [0.05, 0.1) is 68.8 Å². The van der Waals surface area contributed by atoms with E-state index in [1.165, 1.54) is 0 Å². The number of hydrogen-bond donors (Lipinski definition) is 0. The van der Waals surface area contributed by atoms with Crippen molar-refractivity contribution in [3.63, 3.8) is 0 Å². The molecular weight excluding hydrogens is 709 g/mol. The molecule has 6 heteroatoms. The highest BCUT2D eigenvalue weighted by Crippen LogP contribution is 2.43. The Morgan fingerprint density at radius 3 is 1.60 bits per heavy atom. The second kappa shape index (κ2) is 13.6. The van der Waals surface area contributed by atoms with Gasteiger partial charge in [-0.1, -0.05) is 103 Å². The number of aromatic nitrogens is 2. The SMILES string of the molecule is [C-]#[N+]c1ccccc1-c1ccc2c(c1)c1ccccc1n2-c1cc(C#N)c(-n2c3ccccc3c3cc(-c4ccccc4C#N)ccc32)cc1-c1cccc(C#N)c1. The molecule has 0 aliphatic rings. The average Bonchev–Trinajstić information content (AvgIpc) is 3.80. The van der Waals surface area contributed by atoms with E-state index in [0.717, 1.165) is 82.7 Å². The van der Waals surface area contributed by atoms with Gasteiger partial charge in [-0.2, -0.15) is 15.8 Å². The second-order valence-electron chi connectivity index (χ2n) is 14.1. The molecule has 10 aromatic rings. The number of rotatable bonds is 5. The van der Waals surface area contributed by atoms with Crippen molar-refractivity contribution in [3.05, 3.63) is 198 Å². The molecule has 0 unspecified atom stereocenters. The van der Waals surface area contributed by atoms with Crippen LogP contribution >= 0.6 is 0 Å². The molecule has 266 valence electrons. The molecule has 0 fully saturated rings. The Hall–Kier alpha value is -8.68. The van der Waals surface area contributed by atoms with Gasteiger partial charge in [0.25, 0.3) is 0 Å². The third kappa shape index (κ3) is 5.23. The van der Waals surface area contributed by atoms with E-state index < -0.39 is 0 Å². The molecule has 0 aliphatic carbocycles. The lowest BCUT2D eigenvalue weighted by molar-refractivity contribution is 1.14. The van der Waals surface area contributed by atoms with Crippen LogP contribution in [0.1, 0.15) is 16.7 Å². The summed E-state index contributed by atoms with van der Waals surface area (Å²) in [6.45, 7) is 7.80. The van der Waals surface area contributed by atoms with Gasteiger partial charge in [-0.05, 0) is 94.5 Å². The zero-order valence-corrected chi connectivity index (χ0v) is 30.8. The predicted molar refractivity (Wildman–Crippen MR) is 232 cm³/mol. The monoisotopic (exact) mass is 736 g/mol. The Bertz CT molecular complexity index is 3520. The third-order valence-electron chi connectivity index (χ3n) is 11.1. The summed E-state index contributed by atoms with van der Waals surface area (Å²) in [5.74, 6) is 0. The molecule has 2 heterocycles. The number of nitriles is 3. The molecule has 0 aliphatic heterocycles. The molecule has 2 aromatic heterocycles. The van der Waals surface area contributed by atoms with Crippen molar-refractivity contribution in [2.45, 2.75) is 0 Å². The van der Waals surface area contributed by atoms with Crippen LogP contribution in [-0.4, -0.2) is 9.13 Å². The van der Waals surface area contributed by atoms with Crippen molar-refractivity contribution in [1.82, 2.24) is 9.13 Å². The fraction of sp³-hybridized carbons (Fsp3) is 0. The first-order valence-corrected chi connectivity index (χ1v) is 18.7. The maximum atomic E-state index is 11.0. The van der Waals surface area contributed by atoms with Gasteiger partial charge in [0.2, 0.25) is 0 Å². The van der Waals surface area contributed by atoms with E-state index in [-0.39, 0.29) is 0 Å². The van der Waals surface area contributed by atoms with Crippen LogP contribution in [0.3, 0.4) is 0 Å². The highest BCUT2D eigenvalue weighted by atomic mass is 15.0. The molecule has 0 saturated carbocycles. The van der Waals surface area contributed by atoms with Crippen LogP contribution in [0.2, 0.25) is 0 Å². The van der Waals surface area contributed by atoms with Crippen LogP contribution in [0.15, 0.2) is 170 Å². The lowest BCUT2D eigenvalue weighted by atomic mass is 9.97. The summed E-state index contributed by atoms with van der Waals surface area (Å²) < 4.78 is 4.36. The van der Waals surface area contributed by atoms with Crippen LogP contribution in [0.5, 0.6) is 0 Å². The van der Waals surface area contributed by atoms with Gasteiger partial charge in [0.1, 0.15) is 6.07 Å². The number of fused-ring (bicyclic) bond motifs is 6. The summed E-state index contributed by atoms with van der Waals surface area (Å²) >= 11 is 0. The quantitative estimate of drug-likeness (QED) is 0.165. The van der Waals surface area contributed by atoms with Gasteiger partial charge in [-0.15, -0.1) is 0 Å². The third-order valence-corrected chi connectivity index (χ3v) is 11.1. The normalized spacial score (nSPS) is 11.0. The van der Waals surface area contributed by atoms with E-state index in [2.05, 4.69) is 92.9 Å². The minimum absolute atomic E-state index is 0.477. The number of para-hydroxylation sites is 3. The zero-order valence-electron chi connectivity index (χ0n) is 30.8. The smallest absolute Gasteiger partial charge is 0.194 e. The molecule has 6 nitrogen and oxygen atoms in total. The zero-order chi connectivity index (χ0) is 39.3. The van der Waals surface area contributed by atoms with Crippen molar-refractivity contribution in [2.24, 2.45) is 0 Å². The molecular formula is C52H28N6. The second-order valence-corrected chi connectivity index (χ2v) is 14.1. The molecule has 0 saturated heterocycles. The Morgan fingerprint density at radius 1 is 0.397 bits per heavy atom. The lowest BCUT2D eigenvalue weighted by Gasteiger charge is -2.19. The van der Waals surface area contributed by atoms with Crippen molar-refractivity contribution >= 4 is 49.3 Å². The summed E-state index contributed by atoms with van der Waals surface area (Å²) in [5.41, 5.74) is 12.8. The maximum Gasteiger partial charge on any atom is 0.194 e. The Balaban J connectivity index is 1.27. The number of nitrogens with zero attached hydrogens (tertiary/aromatic N) is 6. The Morgan fingerprint density at radius 2 is 0.948 bits per heavy atom. The molecule has 0 amide bonds. The topological polar surface area (TPSA) is 85.6 Å². The van der Waals surface area contributed by atoms with Crippen LogP contribution in [-0.2, 0) is 0 Å². The first kappa shape index (κ1) is 33.9. The summed E-state index contributed by atoms with van der Waals surface area (Å²) in [6.07, 6.45) is 0. The van der Waals surface area contributed by atoms with Crippen LogP contribution in [0.4, 0.5) is 5.69 Å². The lowest BCUT2D eigenvalue weighted by Crippen LogP contribution is -2.04. The van der Waals surface area contributed by atoms with Gasteiger partial charge >= 0.3 is 0 Å². The highest BCUT2D eigenvalue weighted by Gasteiger charge is 2.23. The van der Waals surface area contributed by atoms with Gasteiger partial charge in [-0.3, -0.25) is 0 Å². The van der Waals surface area contributed by atoms with Crippen LogP contribution in [0, 0.1) is 40.6 Å². The van der Waals surface area contributed by atoms with Gasteiger partial charge in [-0.25, -0.2) is 4.85 Å².